The monoisotopic (exact) mass is 308 g/mol. The molecule has 3 aliphatic rings. The van der Waals surface area contributed by atoms with Gasteiger partial charge in [-0.2, -0.15) is 0 Å². The summed E-state index contributed by atoms with van der Waals surface area (Å²) >= 11 is 0. The molecule has 1 saturated heterocycles. The molecule has 2 amide bonds. The number of piperidine rings is 1. The Balaban J connectivity index is 1.75. The Hall–Kier alpha value is -1.59. The van der Waals surface area contributed by atoms with E-state index in [-0.39, 0.29) is 23.1 Å². The summed E-state index contributed by atoms with van der Waals surface area (Å²) in [5, 5.41) is 15.2. The van der Waals surface area contributed by atoms with Crippen molar-refractivity contribution in [3.8, 4) is 0 Å². The van der Waals surface area contributed by atoms with Crippen LogP contribution in [0.2, 0.25) is 0 Å². The van der Waals surface area contributed by atoms with Crippen LogP contribution in [0.15, 0.2) is 0 Å². The van der Waals surface area contributed by atoms with Gasteiger partial charge in [-0.15, -0.1) is 0 Å². The van der Waals surface area contributed by atoms with E-state index < -0.39 is 11.5 Å². The van der Waals surface area contributed by atoms with Gasteiger partial charge in [0.05, 0.1) is 5.92 Å². The Labute approximate surface area is 130 Å². The number of aliphatic carboxylic acids is 1. The van der Waals surface area contributed by atoms with Gasteiger partial charge >= 0.3 is 5.97 Å². The molecule has 3 rings (SSSR count). The SMILES string of the molecule is O=C1CC2(CCC2)C(C(=O)NC2(C(=O)O)CCCCC2)CN1. The highest BCUT2D eigenvalue weighted by Gasteiger charge is 2.52. The summed E-state index contributed by atoms with van der Waals surface area (Å²) in [6.07, 6.45) is 6.90. The first kappa shape index (κ1) is 15.3. The topological polar surface area (TPSA) is 95.5 Å². The summed E-state index contributed by atoms with van der Waals surface area (Å²) < 4.78 is 0. The van der Waals surface area contributed by atoms with E-state index in [0.29, 0.717) is 25.8 Å². The fourth-order valence-electron chi connectivity index (χ4n) is 4.34. The van der Waals surface area contributed by atoms with Gasteiger partial charge in [0.1, 0.15) is 5.54 Å². The molecule has 0 aromatic heterocycles. The Morgan fingerprint density at radius 2 is 1.77 bits per heavy atom. The zero-order chi connectivity index (χ0) is 15.8. The van der Waals surface area contributed by atoms with E-state index in [9.17, 15) is 19.5 Å². The van der Waals surface area contributed by atoms with E-state index >= 15 is 0 Å². The molecule has 1 spiro atoms. The third kappa shape index (κ3) is 2.48. The van der Waals surface area contributed by atoms with Crippen LogP contribution in [0, 0.1) is 11.3 Å². The summed E-state index contributed by atoms with van der Waals surface area (Å²) in [6, 6.07) is 0. The van der Waals surface area contributed by atoms with Crippen LogP contribution in [0.4, 0.5) is 0 Å². The molecule has 1 unspecified atom stereocenters. The van der Waals surface area contributed by atoms with E-state index in [1.807, 2.05) is 0 Å². The van der Waals surface area contributed by atoms with Gasteiger partial charge < -0.3 is 15.7 Å². The average molecular weight is 308 g/mol. The second-order valence-corrected chi connectivity index (χ2v) is 7.19. The van der Waals surface area contributed by atoms with Crippen molar-refractivity contribution in [2.45, 2.75) is 63.3 Å². The second-order valence-electron chi connectivity index (χ2n) is 7.19. The largest absolute Gasteiger partial charge is 0.480 e. The number of carboxylic acids is 1. The van der Waals surface area contributed by atoms with E-state index in [0.717, 1.165) is 38.5 Å². The average Bonchev–Trinajstić information content (AvgIpc) is 2.46. The molecule has 6 nitrogen and oxygen atoms in total. The highest BCUT2D eigenvalue weighted by atomic mass is 16.4. The normalized spacial score (nSPS) is 29.3. The first-order valence-corrected chi connectivity index (χ1v) is 8.30. The van der Waals surface area contributed by atoms with Gasteiger partial charge in [-0.05, 0) is 31.1 Å². The van der Waals surface area contributed by atoms with Gasteiger partial charge in [-0.3, -0.25) is 9.59 Å². The molecule has 0 aromatic carbocycles. The summed E-state index contributed by atoms with van der Waals surface area (Å²) in [4.78, 5) is 36.1. The smallest absolute Gasteiger partial charge is 0.329 e. The summed E-state index contributed by atoms with van der Waals surface area (Å²) in [7, 11) is 0. The molecule has 22 heavy (non-hydrogen) atoms. The Morgan fingerprint density at radius 3 is 2.32 bits per heavy atom. The molecule has 3 N–H and O–H groups in total. The molecule has 6 heteroatoms. The lowest BCUT2D eigenvalue weighted by atomic mass is 9.57. The highest BCUT2D eigenvalue weighted by molar-refractivity contribution is 5.90. The Kier molecular flexibility index (Phi) is 3.87. The lowest BCUT2D eigenvalue weighted by molar-refractivity contribution is -0.153. The molecular weight excluding hydrogens is 284 g/mol. The van der Waals surface area contributed by atoms with Crippen molar-refractivity contribution >= 4 is 17.8 Å². The number of amides is 2. The standard InChI is InChI=1S/C16H24N2O4/c19-12-9-15(5-4-6-15)11(10-17-12)13(20)18-16(14(21)22)7-2-1-3-8-16/h11H,1-10H2,(H,17,19)(H,18,20)(H,21,22). The molecule has 0 aromatic rings. The van der Waals surface area contributed by atoms with Crippen LogP contribution in [-0.2, 0) is 14.4 Å². The van der Waals surface area contributed by atoms with Crippen LogP contribution in [0.5, 0.6) is 0 Å². The summed E-state index contributed by atoms with van der Waals surface area (Å²) in [5.41, 5.74) is -1.34. The van der Waals surface area contributed by atoms with Crippen LogP contribution in [0.25, 0.3) is 0 Å². The zero-order valence-corrected chi connectivity index (χ0v) is 12.8. The van der Waals surface area contributed by atoms with Crippen LogP contribution in [0.3, 0.4) is 0 Å². The van der Waals surface area contributed by atoms with Crippen molar-refractivity contribution in [1.82, 2.24) is 10.6 Å². The molecule has 1 atom stereocenters. The lowest BCUT2D eigenvalue weighted by Crippen LogP contribution is -2.62. The first-order valence-electron chi connectivity index (χ1n) is 8.30. The fraction of sp³-hybridized carbons (Fsp3) is 0.812. The van der Waals surface area contributed by atoms with E-state index in [1.165, 1.54) is 0 Å². The minimum Gasteiger partial charge on any atom is -0.480 e. The third-order valence-electron chi connectivity index (χ3n) is 5.90. The van der Waals surface area contributed by atoms with Gasteiger partial charge in [0.15, 0.2) is 0 Å². The first-order chi connectivity index (χ1) is 10.5. The molecule has 0 bridgehead atoms. The number of hydrogen-bond donors (Lipinski definition) is 3. The van der Waals surface area contributed by atoms with Crippen molar-refractivity contribution in [1.29, 1.82) is 0 Å². The lowest BCUT2D eigenvalue weighted by Gasteiger charge is -2.50. The van der Waals surface area contributed by atoms with Crippen LogP contribution >= 0.6 is 0 Å². The second kappa shape index (κ2) is 5.56. The molecule has 122 valence electrons. The van der Waals surface area contributed by atoms with Crippen LogP contribution in [-0.4, -0.2) is 35.0 Å². The molecule has 2 aliphatic carbocycles. The number of carbonyl (C=O) groups excluding carboxylic acids is 2. The van der Waals surface area contributed by atoms with Crippen molar-refractivity contribution in [3.05, 3.63) is 0 Å². The molecule has 2 saturated carbocycles. The minimum atomic E-state index is -1.11. The molecule has 0 radical (unpaired) electrons. The van der Waals surface area contributed by atoms with Gasteiger partial charge in [0, 0.05) is 13.0 Å². The van der Waals surface area contributed by atoms with Crippen molar-refractivity contribution in [3.63, 3.8) is 0 Å². The quantitative estimate of drug-likeness (QED) is 0.730. The van der Waals surface area contributed by atoms with Crippen molar-refractivity contribution in [2.24, 2.45) is 11.3 Å². The Morgan fingerprint density at radius 1 is 1.09 bits per heavy atom. The number of carbonyl (C=O) groups is 3. The van der Waals surface area contributed by atoms with Crippen molar-refractivity contribution < 1.29 is 19.5 Å². The molecule has 3 fully saturated rings. The fourth-order valence-corrected chi connectivity index (χ4v) is 4.34. The third-order valence-corrected chi connectivity index (χ3v) is 5.90. The van der Waals surface area contributed by atoms with Crippen molar-refractivity contribution in [2.75, 3.05) is 6.54 Å². The number of nitrogens with one attached hydrogen (secondary N) is 2. The predicted molar refractivity (Wildman–Crippen MR) is 79.0 cm³/mol. The maximum absolute atomic E-state index is 12.8. The van der Waals surface area contributed by atoms with Gasteiger partial charge in [-0.1, -0.05) is 25.7 Å². The number of carboxylic acid groups (broad SMARTS) is 1. The molecular formula is C16H24N2O4. The number of hydrogen-bond acceptors (Lipinski definition) is 3. The van der Waals surface area contributed by atoms with Crippen LogP contribution in [0.1, 0.15) is 57.8 Å². The number of rotatable bonds is 3. The molecule has 1 aliphatic heterocycles. The van der Waals surface area contributed by atoms with E-state index in [2.05, 4.69) is 10.6 Å². The highest BCUT2D eigenvalue weighted by Crippen LogP contribution is 2.51. The molecule has 1 heterocycles. The minimum absolute atomic E-state index is 0.00867. The summed E-state index contributed by atoms with van der Waals surface area (Å²) in [5.74, 6) is -1.40. The van der Waals surface area contributed by atoms with E-state index in [1.54, 1.807) is 0 Å². The van der Waals surface area contributed by atoms with E-state index in [4.69, 9.17) is 0 Å². The van der Waals surface area contributed by atoms with Gasteiger partial charge in [-0.25, -0.2) is 4.79 Å². The maximum Gasteiger partial charge on any atom is 0.329 e. The maximum atomic E-state index is 12.8. The predicted octanol–water partition coefficient (Wildman–Crippen LogP) is 1.20. The van der Waals surface area contributed by atoms with Crippen LogP contribution < -0.4 is 10.6 Å². The zero-order valence-electron chi connectivity index (χ0n) is 12.8. The van der Waals surface area contributed by atoms with Gasteiger partial charge in [0.2, 0.25) is 11.8 Å². The Bertz CT molecular complexity index is 492. The van der Waals surface area contributed by atoms with Gasteiger partial charge in [0.25, 0.3) is 0 Å². The summed E-state index contributed by atoms with van der Waals surface area (Å²) in [6.45, 7) is 0.334.